The number of hydrogen-bond acceptors (Lipinski definition) is 7. The van der Waals surface area contributed by atoms with E-state index in [2.05, 4.69) is 22.1 Å². The first-order valence-electron chi connectivity index (χ1n) is 10.4. The number of thioether (sulfide) groups is 1. The number of rotatable bonds is 4. The van der Waals surface area contributed by atoms with Gasteiger partial charge in [-0.15, -0.1) is 11.8 Å². The van der Waals surface area contributed by atoms with Crippen molar-refractivity contribution in [1.82, 2.24) is 14.9 Å². The Bertz CT molecular complexity index is 1280. The number of carbonyl (C=O) groups is 2. The summed E-state index contributed by atoms with van der Waals surface area (Å²) in [6.07, 6.45) is 5.11. The highest BCUT2D eigenvalue weighted by molar-refractivity contribution is 7.99. The topological polar surface area (TPSA) is 84.5 Å². The molecule has 2 aliphatic heterocycles. The van der Waals surface area contributed by atoms with E-state index in [0.29, 0.717) is 18.7 Å². The second kappa shape index (κ2) is 8.55. The summed E-state index contributed by atoms with van der Waals surface area (Å²) < 4.78 is 11.3. The standard InChI is InChI=1S/C24H21N3O4S/c1-2-30-24(29)20-21(28)18(12-16-13-26-22-17(16)7-5-9-25-22)31-23(20)27-10-11-32-19-8-4-3-6-15(19)14-27/h3-9,12-13H,2,10-11,14H2,1H3,(H,25,26). The molecule has 0 unspecified atom stereocenters. The van der Waals surface area contributed by atoms with Gasteiger partial charge in [0, 0.05) is 47.1 Å². The van der Waals surface area contributed by atoms with E-state index >= 15 is 0 Å². The maximum Gasteiger partial charge on any atom is 0.347 e. The Hall–Kier alpha value is -3.52. The van der Waals surface area contributed by atoms with Crippen LogP contribution in [-0.4, -0.2) is 45.5 Å². The van der Waals surface area contributed by atoms with E-state index in [1.165, 1.54) is 4.90 Å². The van der Waals surface area contributed by atoms with Gasteiger partial charge in [-0.1, -0.05) is 18.2 Å². The lowest BCUT2D eigenvalue weighted by Crippen LogP contribution is -2.27. The van der Waals surface area contributed by atoms with E-state index in [1.807, 2.05) is 29.2 Å². The summed E-state index contributed by atoms with van der Waals surface area (Å²) >= 11 is 1.75. The number of Topliss-reactive ketones (excluding diaryl/α,β-unsaturated/α-hetero) is 1. The number of ether oxygens (including phenoxy) is 2. The molecule has 0 bridgehead atoms. The summed E-state index contributed by atoms with van der Waals surface area (Å²) in [5.74, 6) is 0.0259. The summed E-state index contributed by atoms with van der Waals surface area (Å²) in [4.78, 5) is 36.5. The molecule has 0 atom stereocenters. The van der Waals surface area contributed by atoms with Crippen molar-refractivity contribution >= 4 is 40.6 Å². The van der Waals surface area contributed by atoms with Crippen LogP contribution in [0.15, 0.2) is 70.9 Å². The van der Waals surface area contributed by atoms with Gasteiger partial charge in [0.2, 0.25) is 11.7 Å². The van der Waals surface area contributed by atoms with Crippen LogP contribution in [0.5, 0.6) is 0 Å². The highest BCUT2D eigenvalue weighted by atomic mass is 32.2. The molecule has 2 aliphatic rings. The summed E-state index contributed by atoms with van der Waals surface area (Å²) in [6.45, 7) is 3.07. The van der Waals surface area contributed by atoms with Crippen LogP contribution in [-0.2, 0) is 25.6 Å². The predicted octanol–water partition coefficient (Wildman–Crippen LogP) is 3.89. The van der Waals surface area contributed by atoms with E-state index in [0.717, 1.165) is 22.3 Å². The molecule has 0 saturated heterocycles. The molecule has 3 aromatic rings. The average molecular weight is 448 g/mol. The fraction of sp³-hybridized carbons (Fsp3) is 0.208. The Kier molecular flexibility index (Phi) is 5.45. The number of nitrogens with one attached hydrogen (secondary N) is 1. The van der Waals surface area contributed by atoms with Crippen LogP contribution in [0.4, 0.5) is 0 Å². The Morgan fingerprint density at radius 2 is 2.19 bits per heavy atom. The van der Waals surface area contributed by atoms with E-state index in [-0.39, 0.29) is 23.8 Å². The second-order valence-electron chi connectivity index (χ2n) is 7.36. The molecule has 0 radical (unpaired) electrons. The molecule has 0 fully saturated rings. The Balaban J connectivity index is 1.53. The van der Waals surface area contributed by atoms with E-state index in [1.54, 1.807) is 37.2 Å². The van der Waals surface area contributed by atoms with Crippen molar-refractivity contribution in [3.8, 4) is 0 Å². The molecule has 5 rings (SSSR count). The number of fused-ring (bicyclic) bond motifs is 2. The third kappa shape index (κ3) is 3.67. The van der Waals surface area contributed by atoms with Gasteiger partial charge in [-0.3, -0.25) is 4.79 Å². The molecule has 0 spiro atoms. The lowest BCUT2D eigenvalue weighted by atomic mass is 10.1. The maximum atomic E-state index is 13.3. The quantitative estimate of drug-likeness (QED) is 0.369. The van der Waals surface area contributed by atoms with Crippen molar-refractivity contribution in [2.45, 2.75) is 18.4 Å². The van der Waals surface area contributed by atoms with Crippen LogP contribution in [0.2, 0.25) is 0 Å². The zero-order valence-corrected chi connectivity index (χ0v) is 18.3. The lowest BCUT2D eigenvalue weighted by molar-refractivity contribution is -0.139. The van der Waals surface area contributed by atoms with Crippen LogP contribution < -0.4 is 0 Å². The number of esters is 1. The SMILES string of the molecule is CCOC(=O)C1=C(N2CCSc3ccccc3C2)OC(=Cc2c[nH]c3ncccc23)C1=O. The average Bonchev–Trinajstić information content (AvgIpc) is 3.27. The smallest absolute Gasteiger partial charge is 0.347 e. The summed E-state index contributed by atoms with van der Waals surface area (Å²) in [7, 11) is 0. The third-order valence-electron chi connectivity index (χ3n) is 5.36. The minimum absolute atomic E-state index is 0.0551. The Morgan fingerprint density at radius 3 is 3.06 bits per heavy atom. The van der Waals surface area contributed by atoms with E-state index < -0.39 is 11.8 Å². The molecule has 2 aromatic heterocycles. The van der Waals surface area contributed by atoms with Crippen molar-refractivity contribution in [2.24, 2.45) is 0 Å². The summed E-state index contributed by atoms with van der Waals surface area (Å²) in [5, 5.41) is 0.864. The monoisotopic (exact) mass is 447 g/mol. The first-order chi connectivity index (χ1) is 15.7. The highest BCUT2D eigenvalue weighted by Crippen LogP contribution is 2.35. The molecule has 32 heavy (non-hydrogen) atoms. The van der Waals surface area contributed by atoms with Gasteiger partial charge in [0.05, 0.1) is 6.61 Å². The van der Waals surface area contributed by atoms with E-state index in [4.69, 9.17) is 9.47 Å². The molecule has 162 valence electrons. The van der Waals surface area contributed by atoms with Gasteiger partial charge in [-0.2, -0.15) is 0 Å². The number of aromatic nitrogens is 2. The normalized spacial score (nSPS) is 17.5. The van der Waals surface area contributed by atoms with Crippen LogP contribution in [0, 0.1) is 0 Å². The number of H-pyrrole nitrogens is 1. The first-order valence-corrected chi connectivity index (χ1v) is 11.4. The lowest BCUT2D eigenvalue weighted by Gasteiger charge is -2.23. The molecule has 0 saturated carbocycles. The van der Waals surface area contributed by atoms with Crippen LogP contribution in [0.3, 0.4) is 0 Å². The largest absolute Gasteiger partial charge is 0.462 e. The number of hydrogen-bond donors (Lipinski definition) is 1. The van der Waals surface area contributed by atoms with Gasteiger partial charge in [-0.25, -0.2) is 9.78 Å². The fourth-order valence-corrected chi connectivity index (χ4v) is 4.88. The third-order valence-corrected chi connectivity index (χ3v) is 6.46. The number of carbonyl (C=O) groups excluding carboxylic acids is 2. The number of allylic oxidation sites excluding steroid dienone is 1. The van der Waals surface area contributed by atoms with Crippen LogP contribution in [0.1, 0.15) is 18.1 Å². The minimum Gasteiger partial charge on any atom is -0.462 e. The van der Waals surface area contributed by atoms with Crippen LogP contribution >= 0.6 is 11.8 Å². The fourth-order valence-electron chi connectivity index (χ4n) is 3.86. The highest BCUT2D eigenvalue weighted by Gasteiger charge is 2.39. The van der Waals surface area contributed by atoms with Crippen LogP contribution in [0.25, 0.3) is 17.1 Å². The van der Waals surface area contributed by atoms with E-state index in [9.17, 15) is 9.59 Å². The number of pyridine rings is 1. The number of ketones is 1. The predicted molar refractivity (Wildman–Crippen MR) is 121 cm³/mol. The first kappa shape index (κ1) is 20.4. The van der Waals surface area contributed by atoms with Gasteiger partial charge in [0.25, 0.3) is 0 Å². The van der Waals surface area contributed by atoms with Gasteiger partial charge in [-0.05, 0) is 36.8 Å². The van der Waals surface area contributed by atoms with Crippen molar-refractivity contribution in [3.05, 3.63) is 77.1 Å². The van der Waals surface area contributed by atoms with Gasteiger partial charge < -0.3 is 19.4 Å². The van der Waals surface area contributed by atoms with Crippen molar-refractivity contribution in [3.63, 3.8) is 0 Å². The molecule has 7 nitrogen and oxygen atoms in total. The maximum absolute atomic E-state index is 13.3. The Morgan fingerprint density at radius 1 is 1.31 bits per heavy atom. The molecule has 0 aliphatic carbocycles. The molecule has 4 heterocycles. The second-order valence-corrected chi connectivity index (χ2v) is 8.50. The molecular formula is C24H21N3O4S. The minimum atomic E-state index is -0.665. The summed E-state index contributed by atoms with van der Waals surface area (Å²) in [5.41, 5.74) is 2.55. The Labute approximate surface area is 189 Å². The van der Waals surface area contributed by atoms with Gasteiger partial charge in [0.1, 0.15) is 5.65 Å². The zero-order valence-electron chi connectivity index (χ0n) is 17.5. The number of aromatic amines is 1. The zero-order chi connectivity index (χ0) is 22.1. The summed E-state index contributed by atoms with van der Waals surface area (Å²) in [6, 6.07) is 11.9. The van der Waals surface area contributed by atoms with Crippen molar-refractivity contribution in [1.29, 1.82) is 0 Å². The van der Waals surface area contributed by atoms with Gasteiger partial charge in [0.15, 0.2) is 11.3 Å². The molecule has 0 amide bonds. The van der Waals surface area contributed by atoms with Crippen molar-refractivity contribution in [2.75, 3.05) is 18.9 Å². The molecule has 1 aromatic carbocycles. The molecule has 8 heteroatoms. The molecular weight excluding hydrogens is 426 g/mol. The number of benzene rings is 1. The van der Waals surface area contributed by atoms with Gasteiger partial charge >= 0.3 is 5.97 Å². The number of nitrogens with zero attached hydrogens (tertiary/aromatic N) is 2. The van der Waals surface area contributed by atoms with Crippen molar-refractivity contribution < 1.29 is 19.1 Å². The molecule has 1 N–H and O–H groups in total.